The van der Waals surface area contributed by atoms with Crippen molar-refractivity contribution in [3.8, 4) is 6.07 Å². The molecule has 1 aliphatic rings. The molecule has 7 heteroatoms. The van der Waals surface area contributed by atoms with Crippen LogP contribution in [-0.2, 0) is 4.74 Å². The molecular formula is C14H18N4O3. The number of hydrogen-bond donors (Lipinski definition) is 1. The van der Waals surface area contributed by atoms with E-state index in [4.69, 9.17) is 10.00 Å². The molecule has 0 bridgehead atoms. The number of nitro benzene ring substituents is 1. The second-order valence-corrected chi connectivity index (χ2v) is 5.06. The van der Waals surface area contributed by atoms with Crippen LogP contribution >= 0.6 is 0 Å². The monoisotopic (exact) mass is 290 g/mol. The van der Waals surface area contributed by atoms with Crippen LogP contribution < -0.4 is 5.32 Å². The molecule has 1 N–H and O–H groups in total. The molecule has 1 aliphatic heterocycles. The van der Waals surface area contributed by atoms with Crippen molar-refractivity contribution < 1.29 is 9.66 Å². The van der Waals surface area contributed by atoms with Crippen LogP contribution in [0.4, 0.5) is 11.4 Å². The maximum Gasteiger partial charge on any atom is 0.292 e. The molecule has 1 aromatic carbocycles. The highest BCUT2D eigenvalue weighted by Gasteiger charge is 2.18. The van der Waals surface area contributed by atoms with E-state index < -0.39 is 4.92 Å². The van der Waals surface area contributed by atoms with Crippen molar-refractivity contribution in [2.45, 2.75) is 13.0 Å². The molecule has 7 nitrogen and oxygen atoms in total. The lowest BCUT2D eigenvalue weighted by Gasteiger charge is -2.29. The number of benzene rings is 1. The second-order valence-electron chi connectivity index (χ2n) is 5.06. The lowest BCUT2D eigenvalue weighted by Crippen LogP contribution is -2.42. The van der Waals surface area contributed by atoms with Gasteiger partial charge in [0.05, 0.1) is 29.8 Å². The van der Waals surface area contributed by atoms with Crippen molar-refractivity contribution in [3.63, 3.8) is 0 Å². The Kier molecular flexibility index (Phi) is 5.09. The predicted molar refractivity (Wildman–Crippen MR) is 78.2 cm³/mol. The zero-order valence-electron chi connectivity index (χ0n) is 11.9. The Morgan fingerprint density at radius 2 is 2.24 bits per heavy atom. The number of hydrogen-bond acceptors (Lipinski definition) is 6. The summed E-state index contributed by atoms with van der Waals surface area (Å²) >= 11 is 0. The van der Waals surface area contributed by atoms with Gasteiger partial charge in [-0.25, -0.2) is 0 Å². The topological polar surface area (TPSA) is 91.4 Å². The van der Waals surface area contributed by atoms with Gasteiger partial charge in [-0.1, -0.05) is 0 Å². The van der Waals surface area contributed by atoms with E-state index in [2.05, 4.69) is 10.2 Å². The first kappa shape index (κ1) is 15.2. The first-order valence-electron chi connectivity index (χ1n) is 6.85. The van der Waals surface area contributed by atoms with Crippen molar-refractivity contribution in [3.05, 3.63) is 33.9 Å². The summed E-state index contributed by atoms with van der Waals surface area (Å²) in [6.45, 7) is 5.92. The summed E-state index contributed by atoms with van der Waals surface area (Å²) in [5.41, 5.74) is 0.782. The molecule has 1 unspecified atom stereocenters. The van der Waals surface area contributed by atoms with E-state index in [1.165, 1.54) is 18.2 Å². The lowest BCUT2D eigenvalue weighted by atomic mass is 10.1. The number of nitrogens with one attached hydrogen (secondary N) is 1. The van der Waals surface area contributed by atoms with Crippen molar-refractivity contribution >= 4 is 11.4 Å². The average molecular weight is 290 g/mol. The third-order valence-corrected chi connectivity index (χ3v) is 3.36. The van der Waals surface area contributed by atoms with E-state index in [0.29, 0.717) is 11.3 Å². The molecule has 1 atom stereocenters. The highest BCUT2D eigenvalue weighted by Crippen LogP contribution is 2.26. The number of nitrogens with zero attached hydrogens (tertiary/aromatic N) is 3. The first-order chi connectivity index (χ1) is 10.1. The summed E-state index contributed by atoms with van der Waals surface area (Å²) < 4.78 is 5.29. The zero-order chi connectivity index (χ0) is 15.2. The van der Waals surface area contributed by atoms with Crippen LogP contribution in [0, 0.1) is 21.4 Å². The lowest BCUT2D eigenvalue weighted by molar-refractivity contribution is -0.384. The fraction of sp³-hybridized carbons (Fsp3) is 0.500. The Morgan fingerprint density at radius 1 is 1.52 bits per heavy atom. The number of nitro groups is 1. The fourth-order valence-corrected chi connectivity index (χ4v) is 2.36. The first-order valence-corrected chi connectivity index (χ1v) is 6.85. The molecule has 21 heavy (non-hydrogen) atoms. The Hall–Kier alpha value is -2.17. The number of morpholine rings is 1. The van der Waals surface area contributed by atoms with Crippen LogP contribution in [0.3, 0.4) is 0 Å². The molecule has 0 amide bonds. The molecule has 0 radical (unpaired) electrons. The molecule has 1 aromatic rings. The Bertz CT molecular complexity index is 550. The van der Waals surface area contributed by atoms with Gasteiger partial charge in [0.25, 0.3) is 5.69 Å². The van der Waals surface area contributed by atoms with Crippen LogP contribution in [0.15, 0.2) is 18.2 Å². The van der Waals surface area contributed by atoms with Crippen molar-refractivity contribution in [1.29, 1.82) is 5.26 Å². The third kappa shape index (κ3) is 4.15. The summed E-state index contributed by atoms with van der Waals surface area (Å²) in [5.74, 6) is 0. The number of rotatable bonds is 5. The molecule has 0 spiro atoms. The summed E-state index contributed by atoms with van der Waals surface area (Å²) in [6.07, 6.45) is 0. The van der Waals surface area contributed by atoms with E-state index in [-0.39, 0.29) is 11.7 Å². The average Bonchev–Trinajstić information content (AvgIpc) is 2.47. The second kappa shape index (κ2) is 7.02. The molecular weight excluding hydrogens is 272 g/mol. The SMILES string of the molecule is CC(CN1CCOCC1)Nc1cc(C#N)ccc1[N+](=O)[O-]. The van der Waals surface area contributed by atoms with Crippen LogP contribution in [0.5, 0.6) is 0 Å². The van der Waals surface area contributed by atoms with Crippen molar-refractivity contribution in [2.75, 3.05) is 38.2 Å². The van der Waals surface area contributed by atoms with Gasteiger partial charge in [0.15, 0.2) is 0 Å². The molecule has 0 aliphatic carbocycles. The molecule has 1 heterocycles. The summed E-state index contributed by atoms with van der Waals surface area (Å²) in [7, 11) is 0. The Labute approximate surface area is 123 Å². The van der Waals surface area contributed by atoms with Gasteiger partial charge in [0.1, 0.15) is 5.69 Å². The molecule has 0 saturated carbocycles. The van der Waals surface area contributed by atoms with Crippen LogP contribution in [0.1, 0.15) is 12.5 Å². The standard InChI is InChI=1S/C14H18N4O3/c1-11(10-17-4-6-21-7-5-17)16-13-8-12(9-15)2-3-14(13)18(19)20/h2-3,8,11,16H,4-7,10H2,1H3. The molecule has 2 rings (SSSR count). The predicted octanol–water partition coefficient (Wildman–Crippen LogP) is 1.60. The van der Waals surface area contributed by atoms with Gasteiger partial charge in [-0.2, -0.15) is 5.26 Å². The van der Waals surface area contributed by atoms with E-state index in [1.807, 2.05) is 13.0 Å². The third-order valence-electron chi connectivity index (χ3n) is 3.36. The highest BCUT2D eigenvalue weighted by molar-refractivity contribution is 5.64. The Morgan fingerprint density at radius 3 is 2.86 bits per heavy atom. The largest absolute Gasteiger partial charge is 0.379 e. The van der Waals surface area contributed by atoms with Gasteiger partial charge in [0, 0.05) is 31.7 Å². The molecule has 112 valence electrons. The minimum absolute atomic E-state index is 0.0113. The van der Waals surface area contributed by atoms with Gasteiger partial charge in [0.2, 0.25) is 0 Å². The quantitative estimate of drug-likeness (QED) is 0.654. The van der Waals surface area contributed by atoms with Gasteiger partial charge in [-0.3, -0.25) is 15.0 Å². The van der Waals surface area contributed by atoms with E-state index in [1.54, 1.807) is 0 Å². The summed E-state index contributed by atoms with van der Waals surface area (Å²) in [5, 5.41) is 23.1. The molecule has 0 aromatic heterocycles. The smallest absolute Gasteiger partial charge is 0.292 e. The van der Waals surface area contributed by atoms with E-state index in [0.717, 1.165) is 32.8 Å². The van der Waals surface area contributed by atoms with E-state index >= 15 is 0 Å². The van der Waals surface area contributed by atoms with Crippen LogP contribution in [0.2, 0.25) is 0 Å². The van der Waals surface area contributed by atoms with Gasteiger partial charge in [-0.15, -0.1) is 0 Å². The van der Waals surface area contributed by atoms with Crippen LogP contribution in [0.25, 0.3) is 0 Å². The number of ether oxygens (including phenoxy) is 1. The van der Waals surface area contributed by atoms with Gasteiger partial charge >= 0.3 is 0 Å². The minimum Gasteiger partial charge on any atom is -0.379 e. The van der Waals surface area contributed by atoms with Crippen molar-refractivity contribution in [1.82, 2.24) is 4.90 Å². The molecule has 1 saturated heterocycles. The van der Waals surface area contributed by atoms with Gasteiger partial charge in [-0.05, 0) is 19.1 Å². The summed E-state index contributed by atoms with van der Waals surface area (Å²) in [6, 6.07) is 6.38. The number of anilines is 1. The van der Waals surface area contributed by atoms with Crippen LogP contribution in [-0.4, -0.2) is 48.7 Å². The molecule has 1 fully saturated rings. The highest BCUT2D eigenvalue weighted by atomic mass is 16.6. The summed E-state index contributed by atoms with van der Waals surface area (Å²) in [4.78, 5) is 12.9. The van der Waals surface area contributed by atoms with Gasteiger partial charge < -0.3 is 10.1 Å². The van der Waals surface area contributed by atoms with Crippen molar-refractivity contribution in [2.24, 2.45) is 0 Å². The Balaban J connectivity index is 2.06. The normalized spacial score (nSPS) is 17.0. The maximum atomic E-state index is 11.0. The zero-order valence-corrected chi connectivity index (χ0v) is 11.9. The maximum absolute atomic E-state index is 11.0. The fourth-order valence-electron chi connectivity index (χ4n) is 2.36. The van der Waals surface area contributed by atoms with E-state index in [9.17, 15) is 10.1 Å². The number of nitriles is 1. The minimum atomic E-state index is -0.440.